The molecule has 0 spiro atoms. The van der Waals surface area contributed by atoms with Gasteiger partial charge in [-0.2, -0.15) is 0 Å². The number of esters is 1. The fraction of sp³-hybridized carbons (Fsp3) is 0.920. The minimum Gasteiger partial charge on any atom is -0.462 e. The van der Waals surface area contributed by atoms with E-state index in [-0.39, 0.29) is 24.9 Å². The van der Waals surface area contributed by atoms with Crippen molar-refractivity contribution in [1.29, 1.82) is 0 Å². The Labute approximate surface area is 349 Å². The van der Waals surface area contributed by atoms with Crippen LogP contribution in [-0.4, -0.2) is 46.9 Å². The van der Waals surface area contributed by atoms with Gasteiger partial charge in [-0.05, 0) is 51.4 Å². The summed E-state index contributed by atoms with van der Waals surface area (Å²) >= 11 is 0. The maximum Gasteiger partial charge on any atom is 0.306 e. The van der Waals surface area contributed by atoms with Crippen LogP contribution in [0.1, 0.15) is 271 Å². The smallest absolute Gasteiger partial charge is 0.306 e. The standard InChI is InChI=1S/C50H97NO5/c1-4-7-10-13-16-19-21-23-24-25-26-27-30-33-36-39-42-48(53)47(45-52)51-49(54)44-46(41-38-35-32-29-18-15-12-9-6-3)56-50(55)43-40-37-34-31-28-22-20-17-14-11-8-5-2/h17,20,46-48,52-53H,4-16,18-19,21-45H2,1-3H3,(H,51,54)/b20-17-. The van der Waals surface area contributed by atoms with E-state index < -0.39 is 18.2 Å². The average Bonchev–Trinajstić information content (AvgIpc) is 3.19. The third-order valence-corrected chi connectivity index (χ3v) is 11.6. The molecular weight excluding hydrogens is 695 g/mol. The highest BCUT2D eigenvalue weighted by atomic mass is 16.5. The quantitative estimate of drug-likeness (QED) is 0.0324. The van der Waals surface area contributed by atoms with Crippen molar-refractivity contribution in [1.82, 2.24) is 5.32 Å². The molecule has 0 aromatic heterocycles. The minimum absolute atomic E-state index is 0.0803. The number of aliphatic hydroxyl groups is 2. The lowest BCUT2D eigenvalue weighted by Gasteiger charge is -2.24. The highest BCUT2D eigenvalue weighted by molar-refractivity contribution is 5.77. The molecule has 0 aromatic carbocycles. The predicted octanol–water partition coefficient (Wildman–Crippen LogP) is 14.6. The van der Waals surface area contributed by atoms with Crippen LogP contribution in [0.3, 0.4) is 0 Å². The summed E-state index contributed by atoms with van der Waals surface area (Å²) in [5.41, 5.74) is 0. The number of hydrogen-bond acceptors (Lipinski definition) is 5. The van der Waals surface area contributed by atoms with Gasteiger partial charge in [0.2, 0.25) is 5.91 Å². The molecule has 0 aromatic rings. The molecule has 0 rings (SSSR count). The van der Waals surface area contributed by atoms with Crippen molar-refractivity contribution in [2.24, 2.45) is 0 Å². The zero-order valence-corrected chi connectivity index (χ0v) is 37.8. The fourth-order valence-electron chi connectivity index (χ4n) is 7.78. The first-order valence-electron chi connectivity index (χ1n) is 24.9. The van der Waals surface area contributed by atoms with E-state index in [1.54, 1.807) is 0 Å². The van der Waals surface area contributed by atoms with Crippen LogP contribution in [0.2, 0.25) is 0 Å². The molecule has 56 heavy (non-hydrogen) atoms. The van der Waals surface area contributed by atoms with Crippen LogP contribution in [-0.2, 0) is 14.3 Å². The molecule has 0 heterocycles. The Balaban J connectivity index is 4.42. The van der Waals surface area contributed by atoms with E-state index in [9.17, 15) is 19.8 Å². The van der Waals surface area contributed by atoms with Gasteiger partial charge in [0.25, 0.3) is 0 Å². The number of aliphatic hydroxyl groups excluding tert-OH is 2. The highest BCUT2D eigenvalue weighted by Gasteiger charge is 2.24. The third kappa shape index (κ3) is 39.4. The van der Waals surface area contributed by atoms with Crippen molar-refractivity contribution in [3.05, 3.63) is 12.2 Å². The van der Waals surface area contributed by atoms with Gasteiger partial charge in [0.1, 0.15) is 6.10 Å². The minimum atomic E-state index is -0.782. The van der Waals surface area contributed by atoms with E-state index in [1.165, 1.54) is 173 Å². The van der Waals surface area contributed by atoms with E-state index in [0.29, 0.717) is 19.3 Å². The van der Waals surface area contributed by atoms with Crippen LogP contribution in [0.4, 0.5) is 0 Å². The van der Waals surface area contributed by atoms with Gasteiger partial charge in [-0.1, -0.05) is 219 Å². The molecule has 6 nitrogen and oxygen atoms in total. The van der Waals surface area contributed by atoms with Crippen LogP contribution >= 0.6 is 0 Å². The van der Waals surface area contributed by atoms with Gasteiger partial charge in [-0.3, -0.25) is 9.59 Å². The second-order valence-corrected chi connectivity index (χ2v) is 17.2. The predicted molar refractivity (Wildman–Crippen MR) is 241 cm³/mol. The molecule has 3 unspecified atom stereocenters. The normalized spacial score (nSPS) is 13.3. The van der Waals surface area contributed by atoms with E-state index in [0.717, 1.165) is 51.4 Å². The molecule has 0 fully saturated rings. The van der Waals surface area contributed by atoms with E-state index >= 15 is 0 Å². The van der Waals surface area contributed by atoms with Crippen molar-refractivity contribution in [3.8, 4) is 0 Å². The number of ether oxygens (including phenoxy) is 1. The summed E-state index contributed by atoms with van der Waals surface area (Å²) in [5.74, 6) is -0.473. The molecule has 3 atom stereocenters. The monoisotopic (exact) mass is 792 g/mol. The van der Waals surface area contributed by atoms with Gasteiger partial charge in [0.15, 0.2) is 0 Å². The zero-order chi connectivity index (χ0) is 41.0. The number of carbonyl (C=O) groups is 2. The number of carbonyl (C=O) groups excluding carboxylic acids is 2. The number of nitrogens with one attached hydrogen (secondary N) is 1. The Morgan fingerprint density at radius 1 is 0.500 bits per heavy atom. The van der Waals surface area contributed by atoms with E-state index in [1.807, 2.05) is 0 Å². The second-order valence-electron chi connectivity index (χ2n) is 17.2. The molecule has 0 saturated heterocycles. The number of unbranched alkanes of at least 4 members (excludes halogenated alkanes) is 31. The lowest BCUT2D eigenvalue weighted by molar-refractivity contribution is -0.151. The number of rotatable bonds is 45. The largest absolute Gasteiger partial charge is 0.462 e. The van der Waals surface area contributed by atoms with Crippen LogP contribution in [0.5, 0.6) is 0 Å². The first-order valence-corrected chi connectivity index (χ1v) is 24.9. The van der Waals surface area contributed by atoms with E-state index in [4.69, 9.17) is 4.74 Å². The summed E-state index contributed by atoms with van der Waals surface area (Å²) in [4.78, 5) is 26.0. The summed E-state index contributed by atoms with van der Waals surface area (Å²) in [6.45, 7) is 6.46. The van der Waals surface area contributed by atoms with Gasteiger partial charge in [-0.25, -0.2) is 0 Å². The third-order valence-electron chi connectivity index (χ3n) is 11.6. The summed E-state index contributed by atoms with van der Waals surface area (Å²) in [6.07, 6.45) is 48.4. The molecule has 1 amide bonds. The first kappa shape index (κ1) is 54.6. The molecular formula is C50H97NO5. The van der Waals surface area contributed by atoms with Crippen molar-refractivity contribution in [2.75, 3.05) is 6.61 Å². The van der Waals surface area contributed by atoms with Crippen LogP contribution in [0, 0.1) is 0 Å². The van der Waals surface area contributed by atoms with Crippen molar-refractivity contribution >= 4 is 11.9 Å². The average molecular weight is 792 g/mol. The fourth-order valence-corrected chi connectivity index (χ4v) is 7.78. The van der Waals surface area contributed by atoms with Gasteiger partial charge < -0.3 is 20.3 Å². The van der Waals surface area contributed by atoms with Gasteiger partial charge in [-0.15, -0.1) is 0 Å². The molecule has 6 heteroatoms. The van der Waals surface area contributed by atoms with Gasteiger partial charge >= 0.3 is 5.97 Å². The second kappa shape index (κ2) is 44.7. The topological polar surface area (TPSA) is 95.9 Å². The molecule has 0 bridgehead atoms. The Kier molecular flexibility index (Phi) is 43.6. The Morgan fingerprint density at radius 3 is 1.30 bits per heavy atom. The molecule has 332 valence electrons. The summed E-state index contributed by atoms with van der Waals surface area (Å²) in [7, 11) is 0. The number of allylic oxidation sites excluding steroid dienone is 2. The lowest BCUT2D eigenvalue weighted by Crippen LogP contribution is -2.46. The Bertz CT molecular complexity index is 847. The highest BCUT2D eigenvalue weighted by Crippen LogP contribution is 2.18. The maximum atomic E-state index is 13.1. The summed E-state index contributed by atoms with van der Waals surface area (Å²) in [5, 5.41) is 23.7. The summed E-state index contributed by atoms with van der Waals surface area (Å²) in [6, 6.07) is -0.695. The number of amides is 1. The SMILES string of the molecule is CCCCC/C=C\CCCCCCCC(=O)OC(CCCCCCCCCCC)CC(=O)NC(CO)C(O)CCCCCCCCCCCCCCCCCC. The van der Waals surface area contributed by atoms with Crippen molar-refractivity contribution < 1.29 is 24.5 Å². The Morgan fingerprint density at radius 2 is 0.857 bits per heavy atom. The van der Waals surface area contributed by atoms with Crippen LogP contribution in [0.15, 0.2) is 12.2 Å². The van der Waals surface area contributed by atoms with Crippen molar-refractivity contribution in [3.63, 3.8) is 0 Å². The zero-order valence-electron chi connectivity index (χ0n) is 37.8. The van der Waals surface area contributed by atoms with E-state index in [2.05, 4.69) is 38.2 Å². The summed E-state index contributed by atoms with van der Waals surface area (Å²) < 4.78 is 5.90. The molecule has 0 saturated carbocycles. The Hall–Kier alpha value is -1.40. The molecule has 0 aliphatic carbocycles. The maximum absolute atomic E-state index is 13.1. The van der Waals surface area contributed by atoms with Gasteiger partial charge in [0.05, 0.1) is 25.2 Å². The number of hydrogen-bond donors (Lipinski definition) is 3. The van der Waals surface area contributed by atoms with Crippen LogP contribution in [0.25, 0.3) is 0 Å². The van der Waals surface area contributed by atoms with Crippen molar-refractivity contribution in [2.45, 2.75) is 289 Å². The molecule has 0 radical (unpaired) electrons. The molecule has 0 aliphatic rings. The van der Waals surface area contributed by atoms with Gasteiger partial charge in [0, 0.05) is 6.42 Å². The van der Waals surface area contributed by atoms with Crippen LogP contribution < -0.4 is 5.32 Å². The molecule has 3 N–H and O–H groups in total. The first-order chi connectivity index (χ1) is 27.5. The lowest BCUT2D eigenvalue weighted by atomic mass is 10.0. The molecule has 0 aliphatic heterocycles.